The van der Waals surface area contributed by atoms with Crippen LogP contribution in [0.25, 0.3) is 5.76 Å². The number of benzene rings is 2. The number of hydrogen-bond donors (Lipinski definition) is 0. The Kier molecular flexibility index (Phi) is 5.05. The third-order valence-corrected chi connectivity index (χ3v) is 2.96. The van der Waals surface area contributed by atoms with E-state index >= 15 is 0 Å². The van der Waals surface area contributed by atoms with Crippen molar-refractivity contribution in [2.24, 2.45) is 0 Å². The second kappa shape index (κ2) is 6.83. The van der Waals surface area contributed by atoms with Gasteiger partial charge >= 0.3 is 12.1 Å². The van der Waals surface area contributed by atoms with Crippen molar-refractivity contribution in [2.45, 2.75) is 6.18 Å². The third-order valence-electron chi connectivity index (χ3n) is 2.71. The van der Waals surface area contributed by atoms with Crippen LogP contribution >= 0.6 is 11.6 Å². The average molecular weight is 345 g/mol. The van der Waals surface area contributed by atoms with Crippen LogP contribution in [0.4, 0.5) is 17.6 Å². The van der Waals surface area contributed by atoms with Gasteiger partial charge in [-0.1, -0.05) is 11.6 Å². The zero-order chi connectivity index (χ0) is 17.0. The summed E-state index contributed by atoms with van der Waals surface area (Å²) in [4.78, 5) is 11.9. The molecule has 0 bridgehead atoms. The minimum atomic E-state index is -4.70. The monoisotopic (exact) mass is 344 g/mol. The van der Waals surface area contributed by atoms with Crippen molar-refractivity contribution in [3.05, 3.63) is 76.6 Å². The Bertz CT molecular complexity index is 719. The molecule has 0 unspecified atom stereocenters. The van der Waals surface area contributed by atoms with Crippen LogP contribution < -0.4 is 0 Å². The molecule has 0 aliphatic carbocycles. The quantitative estimate of drug-likeness (QED) is 0.432. The fraction of sp³-hybridized carbons (Fsp3) is 0.0625. The van der Waals surface area contributed by atoms with Crippen LogP contribution in [0.1, 0.15) is 15.9 Å². The Morgan fingerprint density at radius 1 is 0.957 bits per heavy atom. The molecule has 120 valence electrons. The van der Waals surface area contributed by atoms with Gasteiger partial charge in [-0.2, -0.15) is 13.2 Å². The first-order chi connectivity index (χ1) is 10.7. The van der Waals surface area contributed by atoms with Gasteiger partial charge in [0, 0.05) is 10.6 Å². The summed E-state index contributed by atoms with van der Waals surface area (Å²) >= 11 is 5.67. The van der Waals surface area contributed by atoms with Crippen molar-refractivity contribution >= 4 is 23.3 Å². The number of carbonyl (C=O) groups excluding carboxylic acids is 1. The van der Waals surface area contributed by atoms with Crippen LogP contribution in [0.2, 0.25) is 5.02 Å². The molecule has 23 heavy (non-hydrogen) atoms. The highest BCUT2D eigenvalue weighted by atomic mass is 35.5. The molecule has 0 saturated heterocycles. The summed E-state index contributed by atoms with van der Waals surface area (Å²) in [5.74, 6) is -2.33. The minimum Gasteiger partial charge on any atom is -0.422 e. The zero-order valence-corrected chi connectivity index (χ0v) is 12.2. The number of hydrogen-bond acceptors (Lipinski definition) is 2. The summed E-state index contributed by atoms with van der Waals surface area (Å²) in [6, 6.07) is 9.56. The van der Waals surface area contributed by atoms with E-state index in [1.807, 2.05) is 0 Å². The molecule has 0 heterocycles. The van der Waals surface area contributed by atoms with Gasteiger partial charge in [0.2, 0.25) is 0 Å². The molecule has 0 aliphatic rings. The highest BCUT2D eigenvalue weighted by Crippen LogP contribution is 2.26. The minimum absolute atomic E-state index is 0.0320. The second-order valence-corrected chi connectivity index (χ2v) is 4.89. The number of carbonyl (C=O) groups is 1. The number of rotatable bonds is 3. The maximum atomic E-state index is 12.9. The van der Waals surface area contributed by atoms with Gasteiger partial charge in [-0.05, 0) is 48.5 Å². The van der Waals surface area contributed by atoms with Gasteiger partial charge in [0.05, 0.1) is 11.6 Å². The normalized spacial score (nSPS) is 12.1. The summed E-state index contributed by atoms with van der Waals surface area (Å²) in [6.07, 6.45) is -4.86. The first kappa shape index (κ1) is 17.0. The molecule has 2 nitrogen and oxygen atoms in total. The highest BCUT2D eigenvalue weighted by Gasteiger charge is 2.27. The lowest BCUT2D eigenvalue weighted by atomic mass is 10.1. The molecule has 0 atom stereocenters. The Labute approximate surface area is 133 Å². The smallest absolute Gasteiger partial charge is 0.413 e. The zero-order valence-electron chi connectivity index (χ0n) is 11.4. The van der Waals surface area contributed by atoms with Crippen LogP contribution in [0, 0.1) is 5.82 Å². The standard InChI is InChI=1S/C16H9ClF4O2/c17-12-5-1-11(2-6-12)15(22)23-14(9-16(19,20)21)10-3-7-13(18)8-4-10/h1-9H/b14-9+. The number of alkyl halides is 3. The summed E-state index contributed by atoms with van der Waals surface area (Å²) in [6.45, 7) is 0. The van der Waals surface area contributed by atoms with E-state index in [1.54, 1.807) is 0 Å². The van der Waals surface area contributed by atoms with Crippen molar-refractivity contribution in [2.75, 3.05) is 0 Å². The molecule has 2 aromatic carbocycles. The summed E-state index contributed by atoms with van der Waals surface area (Å²) in [7, 11) is 0. The van der Waals surface area contributed by atoms with Crippen molar-refractivity contribution < 1.29 is 27.1 Å². The second-order valence-electron chi connectivity index (χ2n) is 4.45. The maximum Gasteiger partial charge on any atom is 0.413 e. The number of halogens is 5. The molecule has 0 fully saturated rings. The molecule has 0 amide bonds. The molecule has 0 N–H and O–H groups in total. The Hall–Kier alpha value is -2.34. The van der Waals surface area contributed by atoms with Crippen molar-refractivity contribution in [3.63, 3.8) is 0 Å². The first-order valence-corrected chi connectivity index (χ1v) is 6.66. The van der Waals surface area contributed by atoms with E-state index in [2.05, 4.69) is 0 Å². The molecule has 0 saturated carbocycles. The van der Waals surface area contributed by atoms with Crippen molar-refractivity contribution in [1.82, 2.24) is 0 Å². The Morgan fingerprint density at radius 2 is 1.48 bits per heavy atom. The lowest BCUT2D eigenvalue weighted by molar-refractivity contribution is -0.0802. The van der Waals surface area contributed by atoms with Crippen LogP contribution in [0.5, 0.6) is 0 Å². The van der Waals surface area contributed by atoms with Gasteiger partial charge in [0.15, 0.2) is 0 Å². The molecule has 0 spiro atoms. The average Bonchev–Trinajstić information content (AvgIpc) is 2.46. The maximum absolute atomic E-state index is 12.9. The van der Waals surface area contributed by atoms with Crippen molar-refractivity contribution in [3.8, 4) is 0 Å². The van der Waals surface area contributed by atoms with E-state index in [4.69, 9.17) is 16.3 Å². The van der Waals surface area contributed by atoms with Crippen LogP contribution in [0.15, 0.2) is 54.6 Å². The van der Waals surface area contributed by atoms with Gasteiger partial charge in [-0.25, -0.2) is 9.18 Å². The SMILES string of the molecule is O=C(O/C(=C/C(F)(F)F)c1ccc(F)cc1)c1ccc(Cl)cc1. The van der Waals surface area contributed by atoms with E-state index in [-0.39, 0.29) is 17.2 Å². The predicted molar refractivity (Wildman–Crippen MR) is 77.3 cm³/mol. The molecule has 0 aliphatic heterocycles. The van der Waals surface area contributed by atoms with Gasteiger partial charge in [-0.3, -0.25) is 0 Å². The van der Waals surface area contributed by atoms with Crippen molar-refractivity contribution in [1.29, 1.82) is 0 Å². The number of ether oxygens (including phenoxy) is 1. The van der Waals surface area contributed by atoms with Crippen LogP contribution in [-0.2, 0) is 4.74 Å². The lowest BCUT2D eigenvalue weighted by Gasteiger charge is -2.11. The summed E-state index contributed by atoms with van der Waals surface area (Å²) in [5.41, 5.74) is -0.0457. The van der Waals surface area contributed by atoms with Crippen LogP contribution in [-0.4, -0.2) is 12.1 Å². The third kappa shape index (κ3) is 5.10. The number of allylic oxidation sites excluding steroid dienone is 1. The molecule has 2 aromatic rings. The fourth-order valence-corrected chi connectivity index (χ4v) is 1.81. The summed E-state index contributed by atoms with van der Waals surface area (Å²) < 4.78 is 55.6. The molecule has 7 heteroatoms. The van der Waals surface area contributed by atoms with E-state index in [0.717, 1.165) is 24.3 Å². The predicted octanol–water partition coefficient (Wildman–Crippen LogP) is 5.24. The van der Waals surface area contributed by atoms with Gasteiger partial charge in [0.1, 0.15) is 11.6 Å². The number of esters is 1. The van der Waals surface area contributed by atoms with Gasteiger partial charge in [0.25, 0.3) is 0 Å². The summed E-state index contributed by atoms with van der Waals surface area (Å²) in [5, 5.41) is 0.367. The van der Waals surface area contributed by atoms with Crippen LogP contribution in [0.3, 0.4) is 0 Å². The molecular formula is C16H9ClF4O2. The molecular weight excluding hydrogens is 336 g/mol. The first-order valence-electron chi connectivity index (χ1n) is 6.28. The lowest BCUT2D eigenvalue weighted by Crippen LogP contribution is -2.09. The van der Waals surface area contributed by atoms with E-state index < -0.39 is 23.7 Å². The Morgan fingerprint density at radius 3 is 2.00 bits per heavy atom. The van der Waals surface area contributed by atoms with E-state index in [0.29, 0.717) is 5.02 Å². The van der Waals surface area contributed by atoms with E-state index in [9.17, 15) is 22.4 Å². The van der Waals surface area contributed by atoms with Gasteiger partial charge < -0.3 is 4.74 Å². The molecule has 0 radical (unpaired) electrons. The molecule has 2 rings (SSSR count). The fourth-order valence-electron chi connectivity index (χ4n) is 1.68. The largest absolute Gasteiger partial charge is 0.422 e. The topological polar surface area (TPSA) is 26.3 Å². The highest BCUT2D eigenvalue weighted by molar-refractivity contribution is 6.30. The molecule has 0 aromatic heterocycles. The van der Waals surface area contributed by atoms with E-state index in [1.165, 1.54) is 24.3 Å². The van der Waals surface area contributed by atoms with Gasteiger partial charge in [-0.15, -0.1) is 0 Å². The Balaban J connectivity index is 2.31.